The third-order valence-electron chi connectivity index (χ3n) is 1.67. The molecule has 1 rings (SSSR count). The minimum atomic E-state index is -1.55. The van der Waals surface area contributed by atoms with Crippen molar-refractivity contribution in [2.45, 2.75) is 24.6 Å². The van der Waals surface area contributed by atoms with Crippen LogP contribution in [0.3, 0.4) is 0 Å². The van der Waals surface area contributed by atoms with Crippen LogP contribution >= 0.6 is 0 Å². The van der Waals surface area contributed by atoms with E-state index in [1.165, 1.54) is 0 Å². The molecule has 1 radical (unpaired) electrons. The van der Waals surface area contributed by atoms with E-state index >= 15 is 0 Å². The van der Waals surface area contributed by atoms with E-state index in [2.05, 4.69) is 4.74 Å². The average molecular weight is 179 g/mol. The monoisotopic (exact) mass is 179 g/mol. The van der Waals surface area contributed by atoms with Gasteiger partial charge in [0.15, 0.2) is 12.4 Å². The maximum atomic E-state index is 9.09. The summed E-state index contributed by atoms with van der Waals surface area (Å²) in [6, 6.07) is 0. The van der Waals surface area contributed by atoms with Gasteiger partial charge in [-0.1, -0.05) is 0 Å². The van der Waals surface area contributed by atoms with Crippen LogP contribution in [0, 0.1) is 6.10 Å². The Morgan fingerprint density at radius 3 is 2.25 bits per heavy atom. The molecule has 0 aliphatic carbocycles. The normalized spacial score (nSPS) is 40.2. The molecule has 1 aliphatic rings. The molecule has 4 atom stereocenters. The van der Waals surface area contributed by atoms with Crippen molar-refractivity contribution >= 4 is 0 Å². The summed E-state index contributed by atoms with van der Waals surface area (Å²) in [4.78, 5) is 0. The van der Waals surface area contributed by atoms with Crippen LogP contribution in [-0.2, 0) is 4.74 Å². The highest BCUT2D eigenvalue weighted by Gasteiger charge is 2.46. The smallest absolute Gasteiger partial charge is 0.184 e. The average Bonchev–Trinajstić information content (AvgIpc) is 2.32. The first-order valence-corrected chi connectivity index (χ1v) is 3.44. The first-order valence-electron chi connectivity index (χ1n) is 3.44. The van der Waals surface area contributed by atoms with Crippen molar-refractivity contribution in [3.63, 3.8) is 0 Å². The Bertz CT molecular complexity index is 151. The number of ether oxygens (including phenoxy) is 1. The number of aliphatic hydroxyl groups excluding tert-OH is 5. The fourth-order valence-electron chi connectivity index (χ4n) is 0.969. The number of rotatable bonds is 2. The van der Waals surface area contributed by atoms with Crippen LogP contribution in [0.25, 0.3) is 0 Å². The molecule has 5 N–H and O–H groups in total. The van der Waals surface area contributed by atoms with Crippen LogP contribution in [0.2, 0.25) is 0 Å². The zero-order valence-corrected chi connectivity index (χ0v) is 6.16. The molecular formula is C6H11O6. The van der Waals surface area contributed by atoms with Gasteiger partial charge in [0.1, 0.15) is 18.3 Å². The van der Waals surface area contributed by atoms with Gasteiger partial charge in [-0.05, 0) is 0 Å². The zero-order chi connectivity index (χ0) is 9.30. The molecule has 1 aliphatic heterocycles. The lowest BCUT2D eigenvalue weighted by atomic mass is 10.1. The van der Waals surface area contributed by atoms with Crippen LogP contribution in [-0.4, -0.2) is 56.7 Å². The molecule has 71 valence electrons. The number of aliphatic hydroxyl groups is 5. The highest BCUT2D eigenvalue weighted by atomic mass is 16.6. The molecule has 1 saturated heterocycles. The second-order valence-electron chi connectivity index (χ2n) is 2.54. The van der Waals surface area contributed by atoms with Crippen molar-refractivity contribution in [3.8, 4) is 0 Å². The van der Waals surface area contributed by atoms with E-state index in [1.807, 2.05) is 0 Å². The molecule has 0 amide bonds. The molecule has 0 saturated carbocycles. The van der Waals surface area contributed by atoms with Crippen molar-refractivity contribution < 1.29 is 30.3 Å². The van der Waals surface area contributed by atoms with E-state index < -0.39 is 31.2 Å². The molecule has 12 heavy (non-hydrogen) atoms. The van der Waals surface area contributed by atoms with E-state index in [-0.39, 0.29) is 6.10 Å². The molecule has 0 spiro atoms. The lowest BCUT2D eigenvalue weighted by Gasteiger charge is -2.16. The Morgan fingerprint density at radius 1 is 1.33 bits per heavy atom. The summed E-state index contributed by atoms with van der Waals surface area (Å²) in [6.45, 7) is -0.633. The predicted molar refractivity (Wildman–Crippen MR) is 35.4 cm³/mol. The number of hydrogen-bond acceptors (Lipinski definition) is 6. The molecule has 0 bridgehead atoms. The first kappa shape index (κ1) is 9.85. The SMILES string of the molecule is OC[C@@H](O)[C]1OC(O)[C@H](O)[C@@H]1O. The van der Waals surface area contributed by atoms with Crippen molar-refractivity contribution in [2.75, 3.05) is 6.61 Å². The second-order valence-corrected chi connectivity index (χ2v) is 2.54. The second kappa shape index (κ2) is 3.65. The highest BCUT2D eigenvalue weighted by Crippen LogP contribution is 2.28. The van der Waals surface area contributed by atoms with E-state index in [9.17, 15) is 0 Å². The molecule has 1 unspecified atom stereocenters. The van der Waals surface area contributed by atoms with E-state index in [4.69, 9.17) is 25.5 Å². The summed E-state index contributed by atoms with van der Waals surface area (Å²) < 4.78 is 4.50. The van der Waals surface area contributed by atoms with E-state index in [0.29, 0.717) is 0 Å². The van der Waals surface area contributed by atoms with Gasteiger partial charge in [-0.25, -0.2) is 0 Å². The zero-order valence-electron chi connectivity index (χ0n) is 6.16. The minimum absolute atomic E-state index is 0.308. The van der Waals surface area contributed by atoms with Crippen LogP contribution in [0.5, 0.6) is 0 Å². The van der Waals surface area contributed by atoms with Crippen LogP contribution in [0.1, 0.15) is 0 Å². The van der Waals surface area contributed by atoms with Gasteiger partial charge in [0, 0.05) is 0 Å². The Morgan fingerprint density at radius 2 is 1.92 bits per heavy atom. The van der Waals surface area contributed by atoms with Gasteiger partial charge in [0.2, 0.25) is 0 Å². The minimum Gasteiger partial charge on any atom is -0.394 e. The fourth-order valence-corrected chi connectivity index (χ4v) is 0.969. The van der Waals surface area contributed by atoms with Crippen molar-refractivity contribution in [2.24, 2.45) is 0 Å². The molecule has 1 fully saturated rings. The standard InChI is InChI=1S/C6H11O6/c7-1-2(8)5-3(9)4(10)6(11)12-5/h2-4,6-11H,1H2/t2-,3+,4-,6?/m1/s1. The van der Waals surface area contributed by atoms with Crippen LogP contribution in [0.4, 0.5) is 0 Å². The molecule has 0 aromatic heterocycles. The molecule has 6 nitrogen and oxygen atoms in total. The van der Waals surface area contributed by atoms with Crippen LogP contribution < -0.4 is 0 Å². The number of hydrogen-bond donors (Lipinski definition) is 5. The van der Waals surface area contributed by atoms with Crippen molar-refractivity contribution in [1.29, 1.82) is 0 Å². The van der Waals surface area contributed by atoms with Gasteiger partial charge < -0.3 is 30.3 Å². The maximum Gasteiger partial charge on any atom is 0.184 e. The Balaban J connectivity index is 2.58. The Labute approximate surface area is 68.6 Å². The molecule has 1 heterocycles. The largest absolute Gasteiger partial charge is 0.394 e. The summed E-state index contributed by atoms with van der Waals surface area (Å²) in [5, 5.41) is 44.3. The van der Waals surface area contributed by atoms with Gasteiger partial charge >= 0.3 is 0 Å². The summed E-state index contributed by atoms with van der Waals surface area (Å²) >= 11 is 0. The Kier molecular flexibility index (Phi) is 2.99. The maximum absolute atomic E-state index is 9.09. The first-order chi connectivity index (χ1) is 5.57. The third-order valence-corrected chi connectivity index (χ3v) is 1.67. The molecule has 6 heteroatoms. The predicted octanol–water partition coefficient (Wildman–Crippen LogP) is -3.06. The molecule has 0 aromatic rings. The van der Waals surface area contributed by atoms with Gasteiger partial charge in [0.25, 0.3) is 0 Å². The van der Waals surface area contributed by atoms with Crippen LogP contribution in [0.15, 0.2) is 0 Å². The topological polar surface area (TPSA) is 110 Å². The lowest BCUT2D eigenvalue weighted by molar-refractivity contribution is -0.120. The summed E-state index contributed by atoms with van der Waals surface area (Å²) in [6.07, 6.45) is -6.16. The quantitative estimate of drug-likeness (QED) is 0.308. The summed E-state index contributed by atoms with van der Waals surface area (Å²) in [5.41, 5.74) is 0. The van der Waals surface area contributed by atoms with Crippen molar-refractivity contribution in [3.05, 3.63) is 6.10 Å². The van der Waals surface area contributed by atoms with Crippen molar-refractivity contribution in [1.82, 2.24) is 0 Å². The molecular weight excluding hydrogens is 168 g/mol. The fraction of sp³-hybridized carbons (Fsp3) is 0.833. The highest BCUT2D eigenvalue weighted by molar-refractivity contribution is 5.04. The van der Waals surface area contributed by atoms with Gasteiger partial charge in [-0.15, -0.1) is 0 Å². The summed E-state index contributed by atoms with van der Waals surface area (Å²) in [7, 11) is 0. The summed E-state index contributed by atoms with van der Waals surface area (Å²) in [5.74, 6) is 0. The van der Waals surface area contributed by atoms with Gasteiger partial charge in [0.05, 0.1) is 6.61 Å². The van der Waals surface area contributed by atoms with E-state index in [1.54, 1.807) is 0 Å². The van der Waals surface area contributed by atoms with E-state index in [0.717, 1.165) is 0 Å². The lowest BCUT2D eigenvalue weighted by Crippen LogP contribution is -2.34. The molecule has 0 aromatic carbocycles. The Hall–Kier alpha value is -0.240. The van der Waals surface area contributed by atoms with Gasteiger partial charge in [-0.2, -0.15) is 0 Å². The third kappa shape index (κ3) is 1.58. The van der Waals surface area contributed by atoms with Gasteiger partial charge in [-0.3, -0.25) is 0 Å².